The van der Waals surface area contributed by atoms with Crippen LogP contribution in [0, 0.1) is 5.41 Å². The van der Waals surface area contributed by atoms with Gasteiger partial charge in [0.25, 0.3) is 0 Å². The number of hydrogen-bond acceptors (Lipinski definition) is 5. The number of nitrogens with zero attached hydrogens (tertiary/aromatic N) is 2. The molecular weight excluding hydrogens is 356 g/mol. The van der Waals surface area contributed by atoms with E-state index in [0.29, 0.717) is 11.3 Å². The standard InChI is InChI=1S/C18H22N2O5S/c1-19(26(2,24)25)14-7-5-13(6-8-14)15(21)12-20-16(22)11-18(17(20)23)9-3-4-10-18/h5-8H,3-4,9-12H2,1-2H3. The molecule has 3 rings (SSSR count). The lowest BCUT2D eigenvalue weighted by Gasteiger charge is -2.20. The molecule has 0 radical (unpaired) electrons. The van der Waals surface area contributed by atoms with Gasteiger partial charge in [-0.3, -0.25) is 23.6 Å². The average Bonchev–Trinajstić information content (AvgIpc) is 3.14. The normalized spacial score (nSPS) is 19.4. The maximum absolute atomic E-state index is 12.6. The second-order valence-corrected chi connectivity index (χ2v) is 9.16. The zero-order valence-corrected chi connectivity index (χ0v) is 15.7. The average molecular weight is 378 g/mol. The maximum Gasteiger partial charge on any atom is 0.236 e. The molecule has 0 unspecified atom stereocenters. The van der Waals surface area contributed by atoms with Gasteiger partial charge in [-0.1, -0.05) is 12.8 Å². The minimum atomic E-state index is -3.38. The summed E-state index contributed by atoms with van der Waals surface area (Å²) in [5, 5.41) is 0. The summed E-state index contributed by atoms with van der Waals surface area (Å²) < 4.78 is 24.2. The van der Waals surface area contributed by atoms with Gasteiger partial charge in [-0.05, 0) is 37.1 Å². The van der Waals surface area contributed by atoms with Crippen LogP contribution in [0.4, 0.5) is 5.69 Å². The van der Waals surface area contributed by atoms with Crippen molar-refractivity contribution in [3.8, 4) is 0 Å². The van der Waals surface area contributed by atoms with E-state index in [1.165, 1.54) is 31.3 Å². The summed E-state index contributed by atoms with van der Waals surface area (Å²) in [5.41, 5.74) is 0.185. The highest BCUT2D eigenvalue weighted by Gasteiger charge is 2.52. The zero-order valence-electron chi connectivity index (χ0n) is 14.9. The lowest BCUT2D eigenvalue weighted by atomic mass is 9.84. The highest BCUT2D eigenvalue weighted by atomic mass is 32.2. The molecule has 0 aromatic heterocycles. The Balaban J connectivity index is 1.72. The van der Waals surface area contributed by atoms with E-state index in [1.54, 1.807) is 0 Å². The molecular formula is C18H22N2O5S. The van der Waals surface area contributed by atoms with Gasteiger partial charge in [-0.25, -0.2) is 8.42 Å². The van der Waals surface area contributed by atoms with Crippen molar-refractivity contribution in [2.24, 2.45) is 5.41 Å². The van der Waals surface area contributed by atoms with Gasteiger partial charge in [0.05, 0.1) is 23.9 Å². The largest absolute Gasteiger partial charge is 0.292 e. The van der Waals surface area contributed by atoms with E-state index >= 15 is 0 Å². The molecule has 0 N–H and O–H groups in total. The number of imide groups is 1. The van der Waals surface area contributed by atoms with Crippen LogP contribution in [0.3, 0.4) is 0 Å². The molecule has 8 heteroatoms. The molecule has 1 aromatic rings. The second kappa shape index (κ2) is 6.50. The summed E-state index contributed by atoms with van der Waals surface area (Å²) in [5.74, 6) is -0.837. The summed E-state index contributed by atoms with van der Waals surface area (Å²) in [4.78, 5) is 38.5. The van der Waals surface area contributed by atoms with Gasteiger partial charge in [-0.15, -0.1) is 0 Å². The van der Waals surface area contributed by atoms with Crippen molar-refractivity contribution >= 4 is 33.3 Å². The molecule has 7 nitrogen and oxygen atoms in total. The number of carbonyl (C=O) groups is 3. The van der Waals surface area contributed by atoms with Crippen LogP contribution >= 0.6 is 0 Å². The monoisotopic (exact) mass is 378 g/mol. The van der Waals surface area contributed by atoms with Gasteiger partial charge in [0.1, 0.15) is 0 Å². The fourth-order valence-electron chi connectivity index (χ4n) is 3.75. The van der Waals surface area contributed by atoms with Gasteiger partial charge in [0.15, 0.2) is 5.78 Å². The highest BCUT2D eigenvalue weighted by Crippen LogP contribution is 2.46. The third-order valence-corrected chi connectivity index (χ3v) is 6.61. The van der Waals surface area contributed by atoms with Crippen LogP contribution in [-0.4, -0.2) is 50.8 Å². The van der Waals surface area contributed by atoms with Crippen LogP contribution in [0.5, 0.6) is 0 Å². The first-order valence-corrected chi connectivity index (χ1v) is 10.4. The van der Waals surface area contributed by atoms with Crippen molar-refractivity contribution < 1.29 is 22.8 Å². The van der Waals surface area contributed by atoms with Gasteiger partial charge < -0.3 is 0 Å². The van der Waals surface area contributed by atoms with Crippen molar-refractivity contribution in [3.63, 3.8) is 0 Å². The van der Waals surface area contributed by atoms with Crippen LogP contribution < -0.4 is 4.31 Å². The molecule has 1 saturated carbocycles. The van der Waals surface area contributed by atoms with Crippen molar-refractivity contribution in [2.45, 2.75) is 32.1 Å². The smallest absolute Gasteiger partial charge is 0.236 e. The van der Waals surface area contributed by atoms with Crippen LogP contribution in [-0.2, 0) is 19.6 Å². The topological polar surface area (TPSA) is 91.8 Å². The number of ketones is 1. The Morgan fingerprint density at radius 3 is 2.27 bits per heavy atom. The van der Waals surface area contributed by atoms with Crippen molar-refractivity contribution in [3.05, 3.63) is 29.8 Å². The summed E-state index contributed by atoms with van der Waals surface area (Å²) in [6, 6.07) is 6.08. The summed E-state index contributed by atoms with van der Waals surface area (Å²) in [7, 11) is -1.96. The molecule has 0 atom stereocenters. The van der Waals surface area contributed by atoms with Crippen molar-refractivity contribution in [2.75, 3.05) is 24.2 Å². The fraction of sp³-hybridized carbons (Fsp3) is 0.500. The Morgan fingerprint density at radius 1 is 1.15 bits per heavy atom. The molecule has 1 aliphatic carbocycles. The Bertz CT molecular complexity index is 854. The molecule has 2 amide bonds. The van der Waals surface area contributed by atoms with Crippen LogP contribution in [0.15, 0.2) is 24.3 Å². The maximum atomic E-state index is 12.6. The number of anilines is 1. The number of amides is 2. The predicted molar refractivity (Wildman–Crippen MR) is 96.3 cm³/mol. The molecule has 2 aliphatic rings. The number of rotatable bonds is 5. The van der Waals surface area contributed by atoms with E-state index in [9.17, 15) is 22.8 Å². The fourth-order valence-corrected chi connectivity index (χ4v) is 4.25. The Morgan fingerprint density at radius 2 is 1.73 bits per heavy atom. The lowest BCUT2D eigenvalue weighted by molar-refractivity contribution is -0.140. The minimum Gasteiger partial charge on any atom is -0.292 e. The Kier molecular flexibility index (Phi) is 4.64. The van der Waals surface area contributed by atoms with Gasteiger partial charge in [0.2, 0.25) is 21.8 Å². The molecule has 1 heterocycles. The third kappa shape index (κ3) is 3.25. The number of carbonyl (C=O) groups excluding carboxylic acids is 3. The minimum absolute atomic E-state index is 0.206. The first-order valence-electron chi connectivity index (χ1n) is 8.56. The number of likely N-dealkylation sites (tertiary alicyclic amines) is 1. The number of sulfonamides is 1. The van der Waals surface area contributed by atoms with E-state index < -0.39 is 15.4 Å². The van der Waals surface area contributed by atoms with E-state index in [-0.39, 0.29) is 30.6 Å². The van der Waals surface area contributed by atoms with Gasteiger partial charge in [0, 0.05) is 19.0 Å². The van der Waals surface area contributed by atoms with E-state index in [0.717, 1.165) is 41.1 Å². The zero-order chi connectivity index (χ0) is 19.1. The van der Waals surface area contributed by atoms with E-state index in [2.05, 4.69) is 0 Å². The van der Waals surface area contributed by atoms with Crippen molar-refractivity contribution in [1.82, 2.24) is 4.90 Å². The van der Waals surface area contributed by atoms with Gasteiger partial charge in [-0.2, -0.15) is 0 Å². The first-order chi connectivity index (χ1) is 12.1. The molecule has 1 saturated heterocycles. The Hall–Kier alpha value is -2.22. The SMILES string of the molecule is CN(c1ccc(C(=O)CN2C(=O)CC3(CCCC3)C2=O)cc1)S(C)(=O)=O. The molecule has 26 heavy (non-hydrogen) atoms. The first kappa shape index (κ1) is 18.6. The predicted octanol–water partition coefficient (Wildman–Crippen LogP) is 1.58. The number of benzene rings is 1. The molecule has 0 bridgehead atoms. The molecule has 2 fully saturated rings. The Labute approximate surface area is 153 Å². The van der Waals surface area contributed by atoms with Gasteiger partial charge >= 0.3 is 0 Å². The second-order valence-electron chi connectivity index (χ2n) is 7.15. The lowest BCUT2D eigenvalue weighted by Crippen LogP contribution is -2.38. The quantitative estimate of drug-likeness (QED) is 0.573. The molecule has 1 aliphatic heterocycles. The summed E-state index contributed by atoms with van der Waals surface area (Å²) in [6.07, 6.45) is 4.61. The number of Topliss-reactive ketones (excluding diaryl/α,β-unsaturated/α-hetero) is 1. The summed E-state index contributed by atoms with van der Waals surface area (Å²) in [6.45, 7) is -0.263. The van der Waals surface area contributed by atoms with E-state index in [4.69, 9.17) is 0 Å². The molecule has 140 valence electrons. The van der Waals surface area contributed by atoms with Crippen molar-refractivity contribution in [1.29, 1.82) is 0 Å². The molecule has 1 aromatic carbocycles. The summed E-state index contributed by atoms with van der Waals surface area (Å²) >= 11 is 0. The van der Waals surface area contributed by atoms with Crippen LogP contribution in [0.2, 0.25) is 0 Å². The third-order valence-electron chi connectivity index (χ3n) is 5.40. The van der Waals surface area contributed by atoms with E-state index in [1.807, 2.05) is 0 Å². The molecule has 1 spiro atoms. The number of hydrogen-bond donors (Lipinski definition) is 0. The van der Waals surface area contributed by atoms with Crippen LogP contribution in [0.25, 0.3) is 0 Å². The highest BCUT2D eigenvalue weighted by molar-refractivity contribution is 7.92. The van der Waals surface area contributed by atoms with Crippen LogP contribution in [0.1, 0.15) is 42.5 Å².